The molecule has 0 saturated heterocycles. The molecule has 2 aromatic carbocycles. The normalized spacial score (nSPS) is 11.1. The fourth-order valence-electron chi connectivity index (χ4n) is 2.44. The highest BCUT2D eigenvalue weighted by Gasteiger charge is 2.11. The van der Waals surface area contributed by atoms with Crippen LogP contribution in [0.5, 0.6) is 0 Å². The van der Waals surface area contributed by atoms with Crippen LogP contribution in [0.25, 0.3) is 28.2 Å². The van der Waals surface area contributed by atoms with E-state index in [1.807, 2.05) is 72.4 Å². The first kappa shape index (κ1) is 11.8. The second-order valence-electron chi connectivity index (χ2n) is 4.87. The summed E-state index contributed by atoms with van der Waals surface area (Å²) in [6, 6.07) is 18.0. The Hall–Kier alpha value is -2.95. The van der Waals surface area contributed by atoms with Gasteiger partial charge in [0.1, 0.15) is 5.69 Å². The molecule has 5 nitrogen and oxygen atoms in total. The summed E-state index contributed by atoms with van der Waals surface area (Å²) in [4.78, 5) is 4.61. The quantitative estimate of drug-likeness (QED) is 0.565. The lowest BCUT2D eigenvalue weighted by molar-refractivity contribution is 0.723. The molecule has 5 heteroatoms. The molecule has 0 amide bonds. The van der Waals surface area contributed by atoms with Crippen LogP contribution in [0.3, 0.4) is 0 Å². The van der Waals surface area contributed by atoms with Crippen LogP contribution in [0, 0.1) is 0 Å². The van der Waals surface area contributed by atoms with Gasteiger partial charge in [-0.25, -0.2) is 4.98 Å². The smallest absolute Gasteiger partial charge is 0.232 e. The molecule has 0 saturated carbocycles. The molecule has 0 radical (unpaired) electrons. The summed E-state index contributed by atoms with van der Waals surface area (Å²) in [6.07, 6.45) is 1.90. The van der Waals surface area contributed by atoms with Crippen molar-refractivity contribution >= 4 is 11.0 Å². The van der Waals surface area contributed by atoms with E-state index in [-0.39, 0.29) is 0 Å². The molecule has 0 N–H and O–H groups in total. The average molecular weight is 275 g/mol. The molecule has 21 heavy (non-hydrogen) atoms. The summed E-state index contributed by atoms with van der Waals surface area (Å²) in [6.45, 7) is 0. The zero-order valence-corrected chi connectivity index (χ0v) is 11.5. The van der Waals surface area contributed by atoms with Gasteiger partial charge in [0, 0.05) is 12.6 Å². The van der Waals surface area contributed by atoms with Crippen LogP contribution >= 0.6 is 0 Å². The SMILES string of the molecule is Cn1c(-n2cc(-c3ccccc3)nn2)nc2ccccc21. The van der Waals surface area contributed by atoms with E-state index >= 15 is 0 Å². The Labute approximate surface area is 121 Å². The van der Waals surface area contributed by atoms with E-state index in [4.69, 9.17) is 0 Å². The molecule has 0 fully saturated rings. The van der Waals surface area contributed by atoms with Crippen molar-refractivity contribution in [3.8, 4) is 17.2 Å². The highest BCUT2D eigenvalue weighted by Crippen LogP contribution is 2.19. The van der Waals surface area contributed by atoms with Gasteiger partial charge < -0.3 is 4.57 Å². The van der Waals surface area contributed by atoms with Crippen molar-refractivity contribution in [1.29, 1.82) is 0 Å². The molecule has 2 aromatic heterocycles. The number of imidazole rings is 1. The Morgan fingerprint density at radius 1 is 0.905 bits per heavy atom. The molecule has 0 aliphatic rings. The van der Waals surface area contributed by atoms with Crippen molar-refractivity contribution in [2.75, 3.05) is 0 Å². The topological polar surface area (TPSA) is 48.5 Å². The first-order valence-corrected chi connectivity index (χ1v) is 6.72. The van der Waals surface area contributed by atoms with E-state index in [0.717, 1.165) is 28.2 Å². The maximum absolute atomic E-state index is 4.61. The molecule has 0 aliphatic heterocycles. The van der Waals surface area contributed by atoms with E-state index in [1.54, 1.807) is 4.68 Å². The minimum absolute atomic E-state index is 0.755. The lowest BCUT2D eigenvalue weighted by Gasteiger charge is -1.99. The maximum Gasteiger partial charge on any atom is 0.232 e. The van der Waals surface area contributed by atoms with Crippen LogP contribution in [0.4, 0.5) is 0 Å². The van der Waals surface area contributed by atoms with E-state index < -0.39 is 0 Å². The van der Waals surface area contributed by atoms with E-state index in [1.165, 1.54) is 0 Å². The van der Waals surface area contributed by atoms with Crippen LogP contribution in [0.15, 0.2) is 60.8 Å². The Kier molecular flexibility index (Phi) is 2.57. The summed E-state index contributed by atoms with van der Waals surface area (Å²) in [5, 5.41) is 8.44. The Balaban J connectivity index is 1.83. The van der Waals surface area contributed by atoms with Crippen molar-refractivity contribution in [2.24, 2.45) is 7.05 Å². The zero-order chi connectivity index (χ0) is 14.2. The maximum atomic E-state index is 4.61. The molecule has 0 unspecified atom stereocenters. The van der Waals surface area contributed by atoms with Gasteiger partial charge >= 0.3 is 0 Å². The fourth-order valence-corrected chi connectivity index (χ4v) is 2.44. The highest BCUT2D eigenvalue weighted by atomic mass is 15.5. The largest absolute Gasteiger partial charge is 0.311 e. The number of hydrogen-bond acceptors (Lipinski definition) is 3. The van der Waals surface area contributed by atoms with Crippen molar-refractivity contribution in [2.45, 2.75) is 0 Å². The Morgan fingerprint density at radius 3 is 2.48 bits per heavy atom. The molecular weight excluding hydrogens is 262 g/mol. The predicted molar refractivity (Wildman–Crippen MR) is 81.1 cm³/mol. The Bertz CT molecular complexity index is 905. The third kappa shape index (κ3) is 1.90. The standard InChI is InChI=1S/C16H13N5/c1-20-15-10-6-5-9-13(15)17-16(20)21-11-14(18-19-21)12-7-3-2-4-8-12/h2-11H,1H3. The molecule has 0 aliphatic carbocycles. The minimum atomic E-state index is 0.755. The van der Waals surface area contributed by atoms with E-state index in [0.29, 0.717) is 0 Å². The van der Waals surface area contributed by atoms with Crippen molar-refractivity contribution in [3.05, 3.63) is 60.8 Å². The summed E-state index contributed by atoms with van der Waals surface area (Å²) in [5.41, 5.74) is 3.90. The lowest BCUT2D eigenvalue weighted by atomic mass is 10.2. The third-order valence-electron chi connectivity index (χ3n) is 3.53. The summed E-state index contributed by atoms with van der Waals surface area (Å²) >= 11 is 0. The number of aromatic nitrogens is 5. The fraction of sp³-hybridized carbons (Fsp3) is 0.0625. The summed E-state index contributed by atoms with van der Waals surface area (Å²) in [7, 11) is 1.98. The first-order valence-electron chi connectivity index (χ1n) is 6.72. The number of aryl methyl sites for hydroxylation is 1. The number of nitrogens with zero attached hydrogens (tertiary/aromatic N) is 5. The van der Waals surface area contributed by atoms with Crippen molar-refractivity contribution < 1.29 is 0 Å². The van der Waals surface area contributed by atoms with Gasteiger partial charge in [-0.05, 0) is 12.1 Å². The second kappa shape index (κ2) is 4.56. The number of para-hydroxylation sites is 2. The van der Waals surface area contributed by atoms with Gasteiger partial charge in [-0.1, -0.05) is 47.7 Å². The van der Waals surface area contributed by atoms with Crippen LogP contribution in [0.1, 0.15) is 0 Å². The van der Waals surface area contributed by atoms with Crippen molar-refractivity contribution in [3.63, 3.8) is 0 Å². The van der Waals surface area contributed by atoms with Gasteiger partial charge in [0.15, 0.2) is 0 Å². The van der Waals surface area contributed by atoms with Crippen LogP contribution in [-0.2, 0) is 7.05 Å². The first-order chi connectivity index (χ1) is 10.3. The Morgan fingerprint density at radius 2 is 1.67 bits per heavy atom. The summed E-state index contributed by atoms with van der Waals surface area (Å²) < 4.78 is 3.72. The van der Waals surface area contributed by atoms with Gasteiger partial charge in [0.2, 0.25) is 5.95 Å². The van der Waals surface area contributed by atoms with E-state index in [2.05, 4.69) is 15.3 Å². The molecule has 0 atom stereocenters. The van der Waals surface area contributed by atoms with Gasteiger partial charge in [0.25, 0.3) is 0 Å². The molecule has 4 rings (SSSR count). The van der Waals surface area contributed by atoms with Crippen LogP contribution in [0.2, 0.25) is 0 Å². The lowest BCUT2D eigenvalue weighted by Crippen LogP contribution is -2.03. The average Bonchev–Trinajstić information content (AvgIpc) is 3.14. The van der Waals surface area contributed by atoms with Crippen LogP contribution in [-0.4, -0.2) is 24.5 Å². The number of fused-ring (bicyclic) bond motifs is 1. The van der Waals surface area contributed by atoms with Gasteiger partial charge in [-0.3, -0.25) is 0 Å². The number of rotatable bonds is 2. The molecule has 0 spiro atoms. The molecule has 0 bridgehead atoms. The second-order valence-corrected chi connectivity index (χ2v) is 4.87. The summed E-state index contributed by atoms with van der Waals surface area (Å²) in [5.74, 6) is 0.755. The predicted octanol–water partition coefficient (Wildman–Crippen LogP) is 2.82. The minimum Gasteiger partial charge on any atom is -0.311 e. The molecule has 4 aromatic rings. The van der Waals surface area contributed by atoms with E-state index in [9.17, 15) is 0 Å². The zero-order valence-electron chi connectivity index (χ0n) is 11.5. The molecule has 102 valence electrons. The highest BCUT2D eigenvalue weighted by molar-refractivity contribution is 5.77. The number of benzene rings is 2. The monoisotopic (exact) mass is 275 g/mol. The van der Waals surface area contributed by atoms with Crippen molar-refractivity contribution in [1.82, 2.24) is 24.5 Å². The third-order valence-corrected chi connectivity index (χ3v) is 3.53. The van der Waals surface area contributed by atoms with Gasteiger partial charge in [-0.2, -0.15) is 4.68 Å². The molecular formula is C16H13N5. The molecule has 2 heterocycles. The van der Waals surface area contributed by atoms with Crippen LogP contribution < -0.4 is 0 Å². The van der Waals surface area contributed by atoms with Gasteiger partial charge in [-0.15, -0.1) is 5.10 Å². The number of hydrogen-bond donors (Lipinski definition) is 0. The van der Waals surface area contributed by atoms with Gasteiger partial charge in [0.05, 0.1) is 17.2 Å².